The van der Waals surface area contributed by atoms with Crippen molar-refractivity contribution < 1.29 is 13.2 Å². The van der Waals surface area contributed by atoms with Crippen molar-refractivity contribution in [3.63, 3.8) is 0 Å². The fraction of sp³-hybridized carbons (Fsp3) is 0.100. The molecule has 0 nitrogen and oxygen atoms in total. The van der Waals surface area contributed by atoms with Crippen LogP contribution in [0.4, 0.5) is 13.2 Å². The first kappa shape index (κ1) is 16.8. The van der Waals surface area contributed by atoms with Gasteiger partial charge in [0.1, 0.15) is 17.5 Å². The van der Waals surface area contributed by atoms with Gasteiger partial charge in [-0.05, 0) is 53.4 Å². The normalized spacial score (nSPS) is 10.3. The molecule has 0 amide bonds. The summed E-state index contributed by atoms with van der Waals surface area (Å²) in [5.74, 6) is -1.14. The fourth-order valence-corrected chi connectivity index (χ4v) is 2.33. The molecule has 23 heavy (non-hydrogen) atoms. The lowest BCUT2D eigenvalue weighted by Gasteiger charge is -2.08. The maximum atomic E-state index is 14.3. The number of benzene rings is 3. The fourth-order valence-electron chi connectivity index (χ4n) is 2.33. The van der Waals surface area contributed by atoms with Crippen LogP contribution in [0.2, 0.25) is 0 Å². The Hall–Kier alpha value is -2.55. The van der Waals surface area contributed by atoms with Gasteiger partial charge in [-0.25, -0.2) is 13.2 Å². The molecule has 0 aromatic heterocycles. The lowest BCUT2D eigenvalue weighted by molar-refractivity contribution is 0.617. The summed E-state index contributed by atoms with van der Waals surface area (Å²) in [7, 11) is 0. The average molecular weight is 314 g/mol. The zero-order chi connectivity index (χ0) is 15.7. The minimum absolute atomic E-state index is 0. The minimum atomic E-state index is -0.440. The topological polar surface area (TPSA) is 0 Å². The van der Waals surface area contributed by atoms with Crippen LogP contribution in [0.3, 0.4) is 0 Å². The molecule has 0 N–H and O–H groups in total. The summed E-state index contributed by atoms with van der Waals surface area (Å²) < 4.78 is 40.9. The van der Waals surface area contributed by atoms with Crippen molar-refractivity contribution in [3.8, 4) is 22.3 Å². The van der Waals surface area contributed by atoms with Crippen molar-refractivity contribution in [1.82, 2.24) is 0 Å². The Labute approximate surface area is 134 Å². The van der Waals surface area contributed by atoms with Gasteiger partial charge in [0.15, 0.2) is 0 Å². The van der Waals surface area contributed by atoms with Crippen molar-refractivity contribution in [2.75, 3.05) is 0 Å². The monoisotopic (exact) mass is 314 g/mol. The van der Waals surface area contributed by atoms with Gasteiger partial charge in [-0.15, -0.1) is 0 Å². The quantitative estimate of drug-likeness (QED) is 0.514. The highest BCUT2D eigenvalue weighted by Gasteiger charge is 2.09. The Morgan fingerprint density at radius 3 is 1.78 bits per heavy atom. The molecule has 0 aliphatic rings. The maximum absolute atomic E-state index is 14.3. The molecule has 3 rings (SSSR count). The smallest absolute Gasteiger partial charge is 0.131 e. The van der Waals surface area contributed by atoms with Crippen LogP contribution in [0.25, 0.3) is 22.3 Å². The Bertz CT molecular complexity index is 821. The molecule has 0 aliphatic heterocycles. The van der Waals surface area contributed by atoms with Gasteiger partial charge in [0, 0.05) is 5.56 Å². The van der Waals surface area contributed by atoms with Crippen LogP contribution in [0.1, 0.15) is 13.0 Å². The number of hydrogen-bond acceptors (Lipinski definition) is 0. The molecule has 0 bridgehead atoms. The van der Waals surface area contributed by atoms with Crippen LogP contribution >= 0.6 is 0 Å². The summed E-state index contributed by atoms with van der Waals surface area (Å²) >= 11 is 0. The first-order valence-electron chi connectivity index (χ1n) is 6.86. The van der Waals surface area contributed by atoms with Crippen molar-refractivity contribution in [2.45, 2.75) is 14.4 Å². The van der Waals surface area contributed by atoms with Crippen molar-refractivity contribution in [3.05, 3.63) is 83.7 Å². The molecule has 0 radical (unpaired) electrons. The van der Waals surface area contributed by atoms with Gasteiger partial charge < -0.3 is 0 Å². The molecule has 0 saturated carbocycles. The molecule has 0 aliphatic carbocycles. The molecule has 0 fully saturated rings. The summed E-state index contributed by atoms with van der Waals surface area (Å²) in [5, 5.41) is 0. The minimum Gasteiger partial charge on any atom is -0.207 e. The highest BCUT2D eigenvalue weighted by atomic mass is 19.1. The van der Waals surface area contributed by atoms with Gasteiger partial charge in [-0.2, -0.15) is 0 Å². The first-order valence-corrected chi connectivity index (χ1v) is 6.86. The molecular weight excluding hydrogens is 297 g/mol. The average Bonchev–Trinajstić information content (AvgIpc) is 2.51. The van der Waals surface area contributed by atoms with E-state index in [1.807, 2.05) is 0 Å². The largest absolute Gasteiger partial charge is 0.207 e. The van der Waals surface area contributed by atoms with E-state index in [1.54, 1.807) is 43.3 Å². The van der Waals surface area contributed by atoms with Crippen LogP contribution < -0.4 is 0 Å². The van der Waals surface area contributed by atoms with Crippen LogP contribution in [-0.2, 0) is 0 Å². The standard InChI is InChI=1S/C19H13F3.CH4/c1-12-2-3-15(11-18(12)21)17-9-6-14(10-19(17)22)13-4-7-16(20)8-5-13;/h2-11H,1H3;1H4. The third-order valence-electron chi connectivity index (χ3n) is 3.63. The van der Waals surface area contributed by atoms with E-state index in [0.717, 1.165) is 5.56 Å². The predicted octanol–water partition coefficient (Wildman–Crippen LogP) is 6.38. The highest BCUT2D eigenvalue weighted by Crippen LogP contribution is 2.29. The molecule has 0 heterocycles. The summed E-state index contributed by atoms with van der Waals surface area (Å²) in [6, 6.07) is 15.2. The Morgan fingerprint density at radius 2 is 1.17 bits per heavy atom. The van der Waals surface area contributed by atoms with Crippen LogP contribution in [0.5, 0.6) is 0 Å². The number of rotatable bonds is 2. The number of hydrogen-bond donors (Lipinski definition) is 0. The van der Waals surface area contributed by atoms with Crippen molar-refractivity contribution in [2.24, 2.45) is 0 Å². The van der Waals surface area contributed by atoms with Gasteiger partial charge in [0.2, 0.25) is 0 Å². The first-order chi connectivity index (χ1) is 10.5. The summed E-state index contributed by atoms with van der Waals surface area (Å²) in [5.41, 5.74) is 2.72. The molecule has 0 unspecified atom stereocenters. The van der Waals surface area contributed by atoms with Gasteiger partial charge in [0.05, 0.1) is 0 Å². The number of halogens is 3. The third-order valence-corrected chi connectivity index (χ3v) is 3.63. The van der Waals surface area contributed by atoms with Crippen LogP contribution in [-0.4, -0.2) is 0 Å². The van der Waals surface area contributed by atoms with Gasteiger partial charge in [-0.1, -0.05) is 43.8 Å². The van der Waals surface area contributed by atoms with Gasteiger partial charge in [-0.3, -0.25) is 0 Å². The second-order valence-corrected chi connectivity index (χ2v) is 5.17. The third kappa shape index (κ3) is 3.45. The van der Waals surface area contributed by atoms with E-state index in [-0.39, 0.29) is 19.1 Å². The van der Waals surface area contributed by atoms with E-state index < -0.39 is 5.82 Å². The Balaban J connectivity index is 0.00000192. The zero-order valence-corrected chi connectivity index (χ0v) is 11.9. The molecule has 118 valence electrons. The second-order valence-electron chi connectivity index (χ2n) is 5.17. The molecule has 0 atom stereocenters. The van der Waals surface area contributed by atoms with Crippen LogP contribution in [0, 0.1) is 24.4 Å². The van der Waals surface area contributed by atoms with Crippen molar-refractivity contribution >= 4 is 0 Å². The predicted molar refractivity (Wildman–Crippen MR) is 88.7 cm³/mol. The van der Waals surface area contributed by atoms with E-state index >= 15 is 0 Å². The van der Waals surface area contributed by atoms with E-state index in [2.05, 4.69) is 0 Å². The van der Waals surface area contributed by atoms with E-state index in [0.29, 0.717) is 22.3 Å². The zero-order valence-electron chi connectivity index (χ0n) is 11.9. The lowest BCUT2D eigenvalue weighted by Crippen LogP contribution is -1.89. The molecule has 3 aromatic carbocycles. The number of aryl methyl sites for hydroxylation is 1. The molecule has 3 heteroatoms. The summed E-state index contributed by atoms with van der Waals surface area (Å²) in [4.78, 5) is 0. The summed E-state index contributed by atoms with van der Waals surface area (Å²) in [6.45, 7) is 1.66. The van der Waals surface area contributed by atoms with E-state index in [4.69, 9.17) is 0 Å². The highest BCUT2D eigenvalue weighted by molar-refractivity contribution is 5.71. The van der Waals surface area contributed by atoms with E-state index in [1.165, 1.54) is 24.3 Å². The maximum Gasteiger partial charge on any atom is 0.131 e. The SMILES string of the molecule is C.Cc1ccc(-c2ccc(-c3ccc(F)cc3)cc2F)cc1F. The summed E-state index contributed by atoms with van der Waals surface area (Å²) in [6.07, 6.45) is 0. The molecule has 3 aromatic rings. The second kappa shape index (κ2) is 6.69. The molecule has 0 saturated heterocycles. The van der Waals surface area contributed by atoms with Gasteiger partial charge >= 0.3 is 0 Å². The van der Waals surface area contributed by atoms with Gasteiger partial charge in [0.25, 0.3) is 0 Å². The Kier molecular flexibility index (Phi) is 4.89. The molecule has 0 spiro atoms. The van der Waals surface area contributed by atoms with Crippen molar-refractivity contribution in [1.29, 1.82) is 0 Å². The lowest BCUT2D eigenvalue weighted by atomic mass is 9.99. The van der Waals surface area contributed by atoms with E-state index in [9.17, 15) is 13.2 Å². The molecular formula is C20H17F3. The Morgan fingerprint density at radius 1 is 0.609 bits per heavy atom. The van der Waals surface area contributed by atoms with Crippen LogP contribution in [0.15, 0.2) is 60.7 Å².